The van der Waals surface area contributed by atoms with Gasteiger partial charge in [0.25, 0.3) is 5.75 Å². The smallest absolute Gasteiger partial charge is 0.383 e. The molecule has 0 aliphatic carbocycles. The highest BCUT2D eigenvalue weighted by molar-refractivity contribution is 5.90. The van der Waals surface area contributed by atoms with Crippen molar-refractivity contribution in [3.63, 3.8) is 0 Å². The molecule has 94 valence electrons. The Morgan fingerprint density at radius 2 is 2.11 bits per heavy atom. The lowest BCUT2D eigenvalue weighted by molar-refractivity contribution is -0.132. The Balaban J connectivity index is 2.79. The second kappa shape index (κ2) is 4.40. The number of carbonyl (C=O) groups is 1. The van der Waals surface area contributed by atoms with E-state index in [1.165, 1.54) is 13.2 Å². The molecule has 6 nitrogen and oxygen atoms in total. The monoisotopic (exact) mass is 250 g/mol. The Bertz CT molecular complexity index is 670. The van der Waals surface area contributed by atoms with Gasteiger partial charge in [-0.15, -0.1) is 0 Å². The van der Waals surface area contributed by atoms with Crippen LogP contribution in [0.2, 0.25) is 0 Å². The maximum atomic E-state index is 11.6. The van der Waals surface area contributed by atoms with E-state index in [0.29, 0.717) is 5.75 Å². The maximum Gasteiger partial charge on any atom is 0.383 e. The van der Waals surface area contributed by atoms with E-state index in [2.05, 4.69) is 4.74 Å². The topological polar surface area (TPSA) is 86.0 Å². The first-order valence-corrected chi connectivity index (χ1v) is 5.05. The summed E-state index contributed by atoms with van der Waals surface area (Å²) in [6, 6.07) is 4.71. The molecule has 0 atom stereocenters. The van der Waals surface area contributed by atoms with E-state index in [1.807, 2.05) is 0 Å². The standard InChI is InChI=1S/C12H10O6/c1-6(13)17-11-9(14)7-4-3-5-8(16-2)10(7)18-12(11)15/h3-5,14H,1-2H3. The van der Waals surface area contributed by atoms with Crippen molar-refractivity contribution in [2.45, 2.75) is 6.92 Å². The summed E-state index contributed by atoms with van der Waals surface area (Å²) < 4.78 is 14.6. The Morgan fingerprint density at radius 3 is 2.72 bits per heavy atom. The fraction of sp³-hybridized carbons (Fsp3) is 0.167. The number of ether oxygens (including phenoxy) is 2. The molecule has 0 saturated carbocycles. The quantitative estimate of drug-likeness (QED) is 0.641. The van der Waals surface area contributed by atoms with Gasteiger partial charge in [0.15, 0.2) is 17.1 Å². The van der Waals surface area contributed by atoms with Gasteiger partial charge < -0.3 is 19.0 Å². The lowest BCUT2D eigenvalue weighted by Crippen LogP contribution is -2.11. The molecule has 0 unspecified atom stereocenters. The van der Waals surface area contributed by atoms with E-state index < -0.39 is 23.1 Å². The van der Waals surface area contributed by atoms with Crippen molar-refractivity contribution >= 4 is 16.9 Å². The summed E-state index contributed by atoms with van der Waals surface area (Å²) in [5.74, 6) is -1.40. The lowest BCUT2D eigenvalue weighted by atomic mass is 10.2. The molecule has 1 aromatic heterocycles. The van der Waals surface area contributed by atoms with E-state index >= 15 is 0 Å². The predicted molar refractivity (Wildman–Crippen MR) is 62.0 cm³/mol. The molecular weight excluding hydrogens is 240 g/mol. The number of aromatic hydroxyl groups is 1. The molecule has 0 radical (unpaired) electrons. The fourth-order valence-electron chi connectivity index (χ4n) is 1.56. The molecule has 0 bridgehead atoms. The average Bonchev–Trinajstić information content (AvgIpc) is 2.33. The minimum Gasteiger partial charge on any atom is -0.504 e. The molecule has 0 amide bonds. The summed E-state index contributed by atoms with van der Waals surface area (Å²) in [6.45, 7) is 1.12. The van der Waals surface area contributed by atoms with Crippen LogP contribution < -0.4 is 15.1 Å². The Kier molecular flexibility index (Phi) is 2.93. The molecule has 2 rings (SSSR count). The zero-order valence-electron chi connectivity index (χ0n) is 9.72. The average molecular weight is 250 g/mol. The van der Waals surface area contributed by atoms with Crippen LogP contribution in [-0.2, 0) is 4.79 Å². The van der Waals surface area contributed by atoms with Crippen molar-refractivity contribution in [3.05, 3.63) is 28.6 Å². The van der Waals surface area contributed by atoms with E-state index in [-0.39, 0.29) is 11.0 Å². The molecule has 6 heteroatoms. The van der Waals surface area contributed by atoms with Gasteiger partial charge in [-0.25, -0.2) is 4.79 Å². The predicted octanol–water partition coefficient (Wildman–Crippen LogP) is 1.43. The molecule has 0 spiro atoms. The van der Waals surface area contributed by atoms with Crippen molar-refractivity contribution in [2.24, 2.45) is 0 Å². The van der Waals surface area contributed by atoms with E-state index in [0.717, 1.165) is 6.92 Å². The molecule has 0 saturated heterocycles. The van der Waals surface area contributed by atoms with Gasteiger partial charge >= 0.3 is 11.6 Å². The van der Waals surface area contributed by atoms with Gasteiger partial charge in [-0.2, -0.15) is 0 Å². The molecule has 0 fully saturated rings. The summed E-state index contributed by atoms with van der Waals surface area (Å²) in [6.07, 6.45) is 0. The van der Waals surface area contributed by atoms with Crippen molar-refractivity contribution in [2.75, 3.05) is 7.11 Å². The van der Waals surface area contributed by atoms with Crippen LogP contribution in [-0.4, -0.2) is 18.2 Å². The summed E-state index contributed by atoms with van der Waals surface area (Å²) in [5.41, 5.74) is -0.849. The minimum absolute atomic E-state index is 0.0957. The highest BCUT2D eigenvalue weighted by Gasteiger charge is 2.18. The highest BCUT2D eigenvalue weighted by atomic mass is 16.6. The minimum atomic E-state index is -0.945. The summed E-state index contributed by atoms with van der Waals surface area (Å²) in [7, 11) is 1.41. The van der Waals surface area contributed by atoms with Crippen LogP contribution in [0.4, 0.5) is 0 Å². The fourth-order valence-corrected chi connectivity index (χ4v) is 1.56. The Morgan fingerprint density at radius 1 is 1.39 bits per heavy atom. The normalized spacial score (nSPS) is 10.3. The Labute approximate surface area is 101 Å². The zero-order valence-corrected chi connectivity index (χ0v) is 9.72. The second-order valence-corrected chi connectivity index (χ2v) is 3.50. The first-order valence-electron chi connectivity index (χ1n) is 5.05. The number of hydrogen-bond acceptors (Lipinski definition) is 6. The van der Waals surface area contributed by atoms with Gasteiger partial charge in [0.1, 0.15) is 0 Å². The number of rotatable bonds is 2. The molecule has 1 aromatic carbocycles. The number of esters is 1. The zero-order chi connectivity index (χ0) is 13.3. The van der Waals surface area contributed by atoms with Gasteiger partial charge in [0.05, 0.1) is 12.5 Å². The molecule has 0 aliphatic heterocycles. The van der Waals surface area contributed by atoms with Gasteiger partial charge in [-0.1, -0.05) is 6.07 Å². The number of fused-ring (bicyclic) bond motifs is 1. The summed E-state index contributed by atoms with van der Waals surface area (Å²) >= 11 is 0. The van der Waals surface area contributed by atoms with Crippen molar-refractivity contribution < 1.29 is 23.8 Å². The summed E-state index contributed by atoms with van der Waals surface area (Å²) in [5, 5.41) is 10.1. The first-order chi connectivity index (χ1) is 8.54. The van der Waals surface area contributed by atoms with Crippen LogP contribution in [0.5, 0.6) is 17.2 Å². The largest absolute Gasteiger partial charge is 0.504 e. The van der Waals surface area contributed by atoms with E-state index in [1.54, 1.807) is 12.1 Å². The van der Waals surface area contributed by atoms with Gasteiger partial charge in [-0.05, 0) is 12.1 Å². The van der Waals surface area contributed by atoms with Gasteiger partial charge in [0, 0.05) is 6.92 Å². The molecular formula is C12H10O6. The maximum absolute atomic E-state index is 11.6. The molecule has 2 aromatic rings. The van der Waals surface area contributed by atoms with Gasteiger partial charge in [-0.3, -0.25) is 4.79 Å². The first kappa shape index (κ1) is 12.0. The van der Waals surface area contributed by atoms with Crippen LogP contribution in [0.25, 0.3) is 11.0 Å². The van der Waals surface area contributed by atoms with Crippen molar-refractivity contribution in [1.82, 2.24) is 0 Å². The van der Waals surface area contributed by atoms with Crippen LogP contribution in [0, 0.1) is 0 Å². The highest BCUT2D eigenvalue weighted by Crippen LogP contribution is 2.35. The molecule has 1 heterocycles. The number of hydrogen-bond donors (Lipinski definition) is 1. The van der Waals surface area contributed by atoms with Crippen LogP contribution >= 0.6 is 0 Å². The summed E-state index contributed by atoms with van der Waals surface area (Å²) in [4.78, 5) is 22.4. The second-order valence-electron chi connectivity index (χ2n) is 3.50. The van der Waals surface area contributed by atoms with E-state index in [4.69, 9.17) is 9.15 Å². The van der Waals surface area contributed by atoms with Gasteiger partial charge in [0.2, 0.25) is 0 Å². The number of para-hydroxylation sites is 1. The molecule has 18 heavy (non-hydrogen) atoms. The third kappa shape index (κ3) is 1.88. The number of carbonyl (C=O) groups excluding carboxylic acids is 1. The Hall–Kier alpha value is -2.50. The number of methoxy groups -OCH3 is 1. The van der Waals surface area contributed by atoms with Crippen molar-refractivity contribution in [1.29, 1.82) is 0 Å². The third-order valence-corrected chi connectivity index (χ3v) is 2.29. The van der Waals surface area contributed by atoms with Crippen molar-refractivity contribution in [3.8, 4) is 17.2 Å². The number of benzene rings is 1. The van der Waals surface area contributed by atoms with E-state index in [9.17, 15) is 14.7 Å². The lowest BCUT2D eigenvalue weighted by Gasteiger charge is -2.07. The molecule has 1 N–H and O–H groups in total. The van der Waals surface area contributed by atoms with Crippen LogP contribution in [0.15, 0.2) is 27.4 Å². The van der Waals surface area contributed by atoms with Crippen LogP contribution in [0.3, 0.4) is 0 Å². The SMILES string of the molecule is COc1cccc2c(O)c(OC(C)=O)c(=O)oc12. The van der Waals surface area contributed by atoms with Crippen LogP contribution in [0.1, 0.15) is 6.92 Å². The molecule has 0 aliphatic rings. The third-order valence-electron chi connectivity index (χ3n) is 2.29.